The van der Waals surface area contributed by atoms with E-state index >= 15 is 0 Å². The zero-order valence-electron chi connectivity index (χ0n) is 17.7. The topological polar surface area (TPSA) is 57.1 Å². The average Bonchev–Trinajstić information content (AvgIpc) is 3.15. The van der Waals surface area contributed by atoms with Crippen LogP contribution in [0.15, 0.2) is 69.8 Å². The maximum Gasteiger partial charge on any atom is 0.363 e. The van der Waals surface area contributed by atoms with Crippen molar-refractivity contribution in [3.8, 4) is 11.5 Å². The number of methoxy groups -OCH3 is 1. The molecule has 0 N–H and O–H groups in total. The van der Waals surface area contributed by atoms with Crippen LogP contribution in [0, 0.1) is 14.1 Å². The molecule has 1 aliphatic heterocycles. The van der Waals surface area contributed by atoms with Crippen LogP contribution in [0.25, 0.3) is 6.08 Å². The molecule has 0 fully saturated rings. The fraction of sp³-hybridized carbons (Fsp3) is 0.120. The number of hydrogen-bond donors (Lipinski definition) is 0. The molecule has 33 heavy (non-hydrogen) atoms. The minimum atomic E-state index is -0.481. The van der Waals surface area contributed by atoms with Gasteiger partial charge in [0.05, 0.1) is 10.7 Å². The third-order valence-corrected chi connectivity index (χ3v) is 7.42. The van der Waals surface area contributed by atoms with Gasteiger partial charge in [0.1, 0.15) is 6.61 Å². The lowest BCUT2D eigenvalue weighted by molar-refractivity contribution is -0.129. The predicted octanol–water partition coefficient (Wildman–Crippen LogP) is 6.90. The van der Waals surface area contributed by atoms with Crippen LogP contribution < -0.4 is 9.47 Å². The zero-order valence-corrected chi connectivity index (χ0v) is 23.6. The maximum atomic E-state index is 12.4. The van der Waals surface area contributed by atoms with Gasteiger partial charge in [-0.1, -0.05) is 28.1 Å². The van der Waals surface area contributed by atoms with Crippen LogP contribution in [0.2, 0.25) is 0 Å². The Morgan fingerprint density at radius 2 is 1.82 bits per heavy atom. The van der Waals surface area contributed by atoms with Gasteiger partial charge in [-0.05, 0) is 117 Å². The molecule has 3 aromatic carbocycles. The molecule has 0 saturated heterocycles. The molecule has 0 radical (unpaired) electrons. The van der Waals surface area contributed by atoms with Crippen LogP contribution in [0.5, 0.6) is 11.5 Å². The highest BCUT2D eigenvalue weighted by Crippen LogP contribution is 2.35. The molecular formula is C25H18BrI2NO4. The summed E-state index contributed by atoms with van der Waals surface area (Å²) in [5.41, 5.74) is 3.92. The van der Waals surface area contributed by atoms with Gasteiger partial charge in [0, 0.05) is 13.6 Å². The smallest absolute Gasteiger partial charge is 0.363 e. The number of halogens is 3. The van der Waals surface area contributed by atoms with Gasteiger partial charge in [-0.15, -0.1) is 0 Å². The highest BCUT2D eigenvalue weighted by molar-refractivity contribution is 14.1. The van der Waals surface area contributed by atoms with Crippen LogP contribution in [0.1, 0.15) is 22.3 Å². The molecule has 0 aliphatic carbocycles. The summed E-state index contributed by atoms with van der Waals surface area (Å²) in [6, 6.07) is 17.5. The third-order valence-electron chi connectivity index (χ3n) is 4.88. The van der Waals surface area contributed by atoms with Crippen molar-refractivity contribution in [2.75, 3.05) is 7.11 Å². The molecule has 5 nitrogen and oxygen atoms in total. The Kier molecular flexibility index (Phi) is 7.75. The first-order valence-electron chi connectivity index (χ1n) is 9.88. The van der Waals surface area contributed by atoms with E-state index in [0.717, 1.165) is 33.9 Å². The first-order valence-corrected chi connectivity index (χ1v) is 12.8. The SMILES string of the molecule is COc1cc(/C=C2\N=C(c3ccc(I)c(C)c3)OC2=O)cc(I)c1OCc1ccc(Br)cc1. The van der Waals surface area contributed by atoms with Gasteiger partial charge in [0.2, 0.25) is 5.90 Å². The van der Waals surface area contributed by atoms with E-state index in [1.165, 1.54) is 0 Å². The number of carbonyl (C=O) groups is 1. The molecule has 3 aromatic rings. The van der Waals surface area contributed by atoms with Crippen molar-refractivity contribution in [2.24, 2.45) is 4.99 Å². The normalized spacial score (nSPS) is 14.3. The van der Waals surface area contributed by atoms with Crippen molar-refractivity contribution in [2.45, 2.75) is 13.5 Å². The number of carbonyl (C=O) groups excluding carboxylic acids is 1. The molecule has 0 bridgehead atoms. The van der Waals surface area contributed by atoms with Crippen molar-refractivity contribution in [3.63, 3.8) is 0 Å². The lowest BCUT2D eigenvalue weighted by atomic mass is 10.1. The Morgan fingerprint density at radius 3 is 2.52 bits per heavy atom. The van der Waals surface area contributed by atoms with E-state index in [0.29, 0.717) is 24.0 Å². The van der Waals surface area contributed by atoms with Crippen molar-refractivity contribution >= 4 is 79.1 Å². The molecule has 1 heterocycles. The average molecular weight is 730 g/mol. The molecule has 0 amide bonds. The fourth-order valence-corrected chi connectivity index (χ4v) is 4.55. The largest absolute Gasteiger partial charge is 0.493 e. The maximum absolute atomic E-state index is 12.4. The number of esters is 1. The van der Waals surface area contributed by atoms with Gasteiger partial charge in [0.25, 0.3) is 0 Å². The van der Waals surface area contributed by atoms with E-state index < -0.39 is 5.97 Å². The molecule has 0 unspecified atom stereocenters. The van der Waals surface area contributed by atoms with E-state index in [4.69, 9.17) is 14.2 Å². The zero-order chi connectivity index (χ0) is 23.5. The minimum Gasteiger partial charge on any atom is -0.493 e. The summed E-state index contributed by atoms with van der Waals surface area (Å²) in [5.74, 6) is 1.05. The number of benzene rings is 3. The third kappa shape index (κ3) is 5.78. The summed E-state index contributed by atoms with van der Waals surface area (Å²) < 4.78 is 20.0. The predicted molar refractivity (Wildman–Crippen MR) is 149 cm³/mol. The molecule has 8 heteroatoms. The quantitative estimate of drug-likeness (QED) is 0.158. The van der Waals surface area contributed by atoms with Gasteiger partial charge in [0.15, 0.2) is 17.2 Å². The highest BCUT2D eigenvalue weighted by atomic mass is 127. The number of ether oxygens (including phenoxy) is 3. The molecule has 1 aliphatic rings. The van der Waals surface area contributed by atoms with Crippen LogP contribution in [0.4, 0.5) is 0 Å². The fourth-order valence-electron chi connectivity index (χ4n) is 3.17. The van der Waals surface area contributed by atoms with Crippen molar-refractivity contribution in [1.82, 2.24) is 0 Å². The molecule has 4 rings (SSSR count). The standard InChI is InChI=1S/C25H18BrI2NO4/c1-14-9-17(5-8-19(14)27)24-29-21(25(30)33-24)11-16-10-20(28)23(22(12-16)31-2)32-13-15-3-6-18(26)7-4-15/h3-12H,13H2,1-2H3/b21-11-. The lowest BCUT2D eigenvalue weighted by Crippen LogP contribution is -2.05. The molecule has 0 aromatic heterocycles. The number of cyclic esters (lactones) is 1. The first-order chi connectivity index (χ1) is 15.8. The Morgan fingerprint density at radius 1 is 1.06 bits per heavy atom. The lowest BCUT2D eigenvalue weighted by Gasteiger charge is -2.14. The summed E-state index contributed by atoms with van der Waals surface area (Å²) >= 11 is 7.90. The monoisotopic (exact) mass is 729 g/mol. The van der Waals surface area contributed by atoms with Crippen LogP contribution in [0.3, 0.4) is 0 Å². The Labute approximate surface area is 227 Å². The Balaban J connectivity index is 1.59. The number of nitrogens with zero attached hydrogens (tertiary/aromatic N) is 1. The summed E-state index contributed by atoms with van der Waals surface area (Å²) in [6.07, 6.45) is 1.69. The molecule has 0 spiro atoms. The van der Waals surface area contributed by atoms with Crippen molar-refractivity contribution in [1.29, 1.82) is 0 Å². The first kappa shape index (κ1) is 24.2. The minimum absolute atomic E-state index is 0.239. The molecule has 0 atom stereocenters. The van der Waals surface area contributed by atoms with Gasteiger partial charge >= 0.3 is 5.97 Å². The van der Waals surface area contributed by atoms with Crippen molar-refractivity contribution in [3.05, 3.63) is 94.2 Å². The van der Waals surface area contributed by atoms with Crippen molar-refractivity contribution < 1.29 is 19.0 Å². The van der Waals surface area contributed by atoms with E-state index in [9.17, 15) is 4.79 Å². The van der Waals surface area contributed by atoms with Gasteiger partial charge in [-0.3, -0.25) is 0 Å². The summed E-state index contributed by atoms with van der Waals surface area (Å²) in [4.78, 5) is 16.9. The second-order valence-electron chi connectivity index (χ2n) is 7.25. The second-order valence-corrected chi connectivity index (χ2v) is 10.5. The van der Waals surface area contributed by atoms with Crippen LogP contribution in [-0.4, -0.2) is 19.0 Å². The summed E-state index contributed by atoms with van der Waals surface area (Å²) in [7, 11) is 1.59. The Bertz CT molecular complexity index is 1290. The van der Waals surface area contributed by atoms with Gasteiger partial charge < -0.3 is 14.2 Å². The van der Waals surface area contributed by atoms with Gasteiger partial charge in [-0.2, -0.15) is 0 Å². The van der Waals surface area contributed by atoms with E-state index in [-0.39, 0.29) is 5.70 Å². The second kappa shape index (κ2) is 10.6. The van der Waals surface area contributed by atoms with Crippen LogP contribution in [-0.2, 0) is 16.1 Å². The number of aryl methyl sites for hydroxylation is 1. The summed E-state index contributed by atoms with van der Waals surface area (Å²) in [6.45, 7) is 2.42. The van der Waals surface area contributed by atoms with E-state index in [1.807, 2.05) is 61.5 Å². The number of hydrogen-bond acceptors (Lipinski definition) is 5. The number of aliphatic imine (C=N–C) groups is 1. The van der Waals surface area contributed by atoms with E-state index in [1.54, 1.807) is 13.2 Å². The van der Waals surface area contributed by atoms with E-state index in [2.05, 4.69) is 66.1 Å². The van der Waals surface area contributed by atoms with Gasteiger partial charge in [-0.25, -0.2) is 9.79 Å². The number of rotatable bonds is 6. The summed E-state index contributed by atoms with van der Waals surface area (Å²) in [5, 5.41) is 0. The molecular weight excluding hydrogens is 712 g/mol. The highest BCUT2D eigenvalue weighted by Gasteiger charge is 2.25. The van der Waals surface area contributed by atoms with Crippen LogP contribution >= 0.6 is 61.1 Å². The molecule has 168 valence electrons. The molecule has 0 saturated carbocycles. The Hall–Kier alpha value is -1.92.